The highest BCUT2D eigenvalue weighted by molar-refractivity contribution is 7.98. The number of hydrogen-bond donors (Lipinski definition) is 1. The highest BCUT2D eigenvalue weighted by Crippen LogP contribution is 2.21. The van der Waals surface area contributed by atoms with Crippen molar-refractivity contribution in [3.63, 3.8) is 0 Å². The Labute approximate surface area is 111 Å². The maximum atomic E-state index is 5.16. The first-order chi connectivity index (χ1) is 8.78. The largest absolute Gasteiger partial charge is 0.339 e. The van der Waals surface area contributed by atoms with Crippen LogP contribution in [0.15, 0.2) is 33.7 Å². The van der Waals surface area contributed by atoms with Crippen LogP contribution < -0.4 is 5.32 Å². The summed E-state index contributed by atoms with van der Waals surface area (Å²) in [6.07, 6.45) is 0.776. The van der Waals surface area contributed by atoms with Crippen LogP contribution in [0.4, 0.5) is 0 Å². The topological polar surface area (TPSA) is 51.0 Å². The Morgan fingerprint density at radius 1 is 1.28 bits per heavy atom. The van der Waals surface area contributed by atoms with Gasteiger partial charge in [0.15, 0.2) is 5.82 Å². The molecule has 0 aliphatic rings. The van der Waals surface area contributed by atoms with Crippen molar-refractivity contribution in [1.82, 2.24) is 15.5 Å². The number of likely N-dealkylation sites (N-methyl/N-ethyl adjacent to an activating group) is 1. The predicted octanol–water partition coefficient (Wildman–Crippen LogP) is 2.43. The molecule has 1 N–H and O–H groups in total. The van der Waals surface area contributed by atoms with E-state index < -0.39 is 0 Å². The maximum absolute atomic E-state index is 5.16. The molecule has 4 nitrogen and oxygen atoms in total. The molecule has 0 atom stereocenters. The van der Waals surface area contributed by atoms with Crippen LogP contribution >= 0.6 is 11.8 Å². The van der Waals surface area contributed by atoms with Gasteiger partial charge in [0, 0.05) is 17.9 Å². The number of aryl methyl sites for hydroxylation is 1. The van der Waals surface area contributed by atoms with Crippen LogP contribution in [0.2, 0.25) is 0 Å². The van der Waals surface area contributed by atoms with E-state index in [2.05, 4.69) is 46.6 Å². The average Bonchev–Trinajstić information content (AvgIpc) is 2.84. The number of nitrogens with one attached hydrogen (secondary N) is 1. The Morgan fingerprint density at radius 3 is 2.78 bits per heavy atom. The van der Waals surface area contributed by atoms with Gasteiger partial charge in [-0.25, -0.2) is 0 Å². The lowest BCUT2D eigenvalue weighted by atomic mass is 10.2. The van der Waals surface area contributed by atoms with Crippen molar-refractivity contribution in [2.75, 3.05) is 13.6 Å². The Balaban J connectivity index is 1.86. The second-order valence-corrected chi connectivity index (χ2v) is 5.11. The first-order valence-electron chi connectivity index (χ1n) is 5.93. The molecule has 5 heteroatoms. The van der Waals surface area contributed by atoms with Gasteiger partial charge in [-0.2, -0.15) is 4.98 Å². The number of thioether (sulfide) groups is 1. The van der Waals surface area contributed by atoms with Crippen LogP contribution in [0.5, 0.6) is 0 Å². The van der Waals surface area contributed by atoms with Crippen molar-refractivity contribution in [3.05, 3.63) is 41.5 Å². The Morgan fingerprint density at radius 2 is 2.06 bits per heavy atom. The van der Waals surface area contributed by atoms with E-state index in [1.807, 2.05) is 7.05 Å². The summed E-state index contributed by atoms with van der Waals surface area (Å²) in [5.41, 5.74) is 1.27. The summed E-state index contributed by atoms with van der Waals surface area (Å²) >= 11 is 1.72. The van der Waals surface area contributed by atoms with Crippen LogP contribution in [-0.2, 0) is 12.2 Å². The summed E-state index contributed by atoms with van der Waals surface area (Å²) in [6.45, 7) is 2.94. The molecular weight excluding hydrogens is 246 g/mol. The summed E-state index contributed by atoms with van der Waals surface area (Å²) < 4.78 is 5.16. The number of rotatable bonds is 6. The molecular formula is C13H17N3OS. The zero-order chi connectivity index (χ0) is 12.8. The minimum atomic E-state index is 0.698. The van der Waals surface area contributed by atoms with Crippen molar-refractivity contribution in [3.8, 4) is 0 Å². The molecule has 0 fully saturated rings. The SMILES string of the molecule is CNCCc1nc(CSc2ccc(C)cc2)no1. The Bertz CT molecular complexity index is 481. The molecule has 0 aliphatic carbocycles. The normalized spacial score (nSPS) is 10.8. The van der Waals surface area contributed by atoms with Crippen LogP contribution in [0.3, 0.4) is 0 Å². The molecule has 1 aromatic heterocycles. The van der Waals surface area contributed by atoms with Crippen LogP contribution in [0.25, 0.3) is 0 Å². The first-order valence-corrected chi connectivity index (χ1v) is 6.92. The molecule has 0 spiro atoms. The van der Waals surface area contributed by atoms with E-state index in [1.54, 1.807) is 11.8 Å². The monoisotopic (exact) mass is 263 g/mol. The van der Waals surface area contributed by atoms with E-state index in [9.17, 15) is 0 Å². The van der Waals surface area contributed by atoms with E-state index in [0.717, 1.165) is 24.5 Å². The molecule has 1 heterocycles. The maximum Gasteiger partial charge on any atom is 0.227 e. The average molecular weight is 263 g/mol. The van der Waals surface area contributed by atoms with E-state index >= 15 is 0 Å². The summed E-state index contributed by atoms with van der Waals surface area (Å²) in [5, 5.41) is 7.02. The van der Waals surface area contributed by atoms with Crippen LogP contribution in [0.1, 0.15) is 17.3 Å². The predicted molar refractivity (Wildman–Crippen MR) is 72.7 cm³/mol. The highest BCUT2D eigenvalue weighted by atomic mass is 32.2. The highest BCUT2D eigenvalue weighted by Gasteiger charge is 2.06. The molecule has 96 valence electrons. The fourth-order valence-corrected chi connectivity index (χ4v) is 2.21. The van der Waals surface area contributed by atoms with E-state index in [0.29, 0.717) is 5.89 Å². The van der Waals surface area contributed by atoms with Crippen molar-refractivity contribution in [1.29, 1.82) is 0 Å². The molecule has 2 rings (SSSR count). The van der Waals surface area contributed by atoms with Crippen molar-refractivity contribution >= 4 is 11.8 Å². The van der Waals surface area contributed by atoms with Crippen molar-refractivity contribution < 1.29 is 4.52 Å². The molecule has 18 heavy (non-hydrogen) atoms. The molecule has 0 saturated heterocycles. The zero-order valence-electron chi connectivity index (χ0n) is 10.6. The molecule has 0 radical (unpaired) electrons. The third kappa shape index (κ3) is 3.85. The van der Waals surface area contributed by atoms with Gasteiger partial charge >= 0.3 is 0 Å². The van der Waals surface area contributed by atoms with Crippen molar-refractivity contribution in [2.45, 2.75) is 24.0 Å². The van der Waals surface area contributed by atoms with Crippen LogP contribution in [0, 0.1) is 6.92 Å². The standard InChI is InChI=1S/C13H17N3OS/c1-10-3-5-11(6-4-10)18-9-12-15-13(17-16-12)7-8-14-2/h3-6,14H,7-9H2,1-2H3. The number of nitrogens with zero attached hydrogens (tertiary/aromatic N) is 2. The van der Waals surface area contributed by atoms with Gasteiger partial charge in [0.05, 0.1) is 5.75 Å². The molecule has 1 aromatic carbocycles. The number of benzene rings is 1. The van der Waals surface area contributed by atoms with Crippen LogP contribution in [-0.4, -0.2) is 23.7 Å². The molecule has 0 bridgehead atoms. The zero-order valence-corrected chi connectivity index (χ0v) is 11.5. The summed E-state index contributed by atoms with van der Waals surface area (Å²) in [4.78, 5) is 5.57. The van der Waals surface area contributed by atoms with Gasteiger partial charge in [-0.3, -0.25) is 0 Å². The number of aromatic nitrogens is 2. The minimum Gasteiger partial charge on any atom is -0.339 e. The summed E-state index contributed by atoms with van der Waals surface area (Å²) in [6, 6.07) is 8.44. The van der Waals surface area contributed by atoms with Crippen molar-refractivity contribution in [2.24, 2.45) is 0 Å². The number of hydrogen-bond acceptors (Lipinski definition) is 5. The molecule has 0 unspecified atom stereocenters. The van der Waals surface area contributed by atoms with E-state index in [-0.39, 0.29) is 0 Å². The summed E-state index contributed by atoms with van der Waals surface area (Å²) in [7, 11) is 1.91. The third-order valence-electron chi connectivity index (χ3n) is 2.49. The summed E-state index contributed by atoms with van der Waals surface area (Å²) in [5.74, 6) is 2.20. The van der Waals surface area contributed by atoms with Gasteiger partial charge in [0.2, 0.25) is 5.89 Å². The van der Waals surface area contributed by atoms with Gasteiger partial charge in [-0.15, -0.1) is 11.8 Å². The lowest BCUT2D eigenvalue weighted by Gasteiger charge is -1.98. The minimum absolute atomic E-state index is 0.698. The molecule has 2 aromatic rings. The van der Waals surface area contributed by atoms with Gasteiger partial charge < -0.3 is 9.84 Å². The van der Waals surface area contributed by atoms with E-state index in [1.165, 1.54) is 10.5 Å². The molecule has 0 saturated carbocycles. The smallest absolute Gasteiger partial charge is 0.227 e. The second kappa shape index (κ2) is 6.56. The van der Waals surface area contributed by atoms with Gasteiger partial charge in [0.1, 0.15) is 0 Å². The lowest BCUT2D eigenvalue weighted by Crippen LogP contribution is -2.10. The lowest BCUT2D eigenvalue weighted by molar-refractivity contribution is 0.373. The molecule has 0 amide bonds. The second-order valence-electron chi connectivity index (χ2n) is 4.06. The van der Waals surface area contributed by atoms with Gasteiger partial charge in [0.25, 0.3) is 0 Å². The van der Waals surface area contributed by atoms with Gasteiger partial charge in [-0.05, 0) is 26.1 Å². The first kappa shape index (κ1) is 13.1. The van der Waals surface area contributed by atoms with Gasteiger partial charge in [-0.1, -0.05) is 22.9 Å². The Kier molecular flexibility index (Phi) is 4.78. The fraction of sp³-hybridized carbons (Fsp3) is 0.385. The Hall–Kier alpha value is -1.33. The van der Waals surface area contributed by atoms with E-state index in [4.69, 9.17) is 4.52 Å². The fourth-order valence-electron chi connectivity index (χ4n) is 1.46. The quantitative estimate of drug-likeness (QED) is 0.811. The third-order valence-corrected chi connectivity index (χ3v) is 3.50. The molecule has 0 aliphatic heterocycles.